The van der Waals surface area contributed by atoms with Crippen LogP contribution >= 0.6 is 0 Å². The summed E-state index contributed by atoms with van der Waals surface area (Å²) in [6.07, 6.45) is 4.80. The van der Waals surface area contributed by atoms with Gasteiger partial charge >= 0.3 is 6.09 Å². The van der Waals surface area contributed by atoms with E-state index < -0.39 is 11.2 Å². The van der Waals surface area contributed by atoms with Gasteiger partial charge in [-0.25, -0.2) is 14.8 Å². The highest BCUT2D eigenvalue weighted by molar-refractivity contribution is 5.72. The highest BCUT2D eigenvalue weighted by atomic mass is 16.6. The molecule has 2 aromatic heterocycles. The minimum Gasteiger partial charge on any atom is -0.478 e. The Labute approximate surface area is 228 Å². The Balaban J connectivity index is 1.15. The predicted molar refractivity (Wildman–Crippen MR) is 147 cm³/mol. The van der Waals surface area contributed by atoms with Crippen LogP contribution in [0.25, 0.3) is 11.3 Å². The van der Waals surface area contributed by atoms with Crippen molar-refractivity contribution in [3.63, 3.8) is 0 Å². The number of pyridine rings is 1. The summed E-state index contributed by atoms with van der Waals surface area (Å²) in [6.45, 7) is 9.67. The second kappa shape index (κ2) is 10.00. The smallest absolute Gasteiger partial charge is 0.410 e. The van der Waals surface area contributed by atoms with E-state index >= 15 is 0 Å². The van der Waals surface area contributed by atoms with E-state index in [-0.39, 0.29) is 6.09 Å². The number of hydrogen-bond donors (Lipinski definition) is 1. The van der Waals surface area contributed by atoms with Crippen LogP contribution in [0.3, 0.4) is 0 Å². The van der Waals surface area contributed by atoms with Crippen LogP contribution < -0.4 is 15.0 Å². The van der Waals surface area contributed by atoms with E-state index in [1.807, 2.05) is 51.2 Å². The molecule has 204 valence electrons. The molecular weight excluding hydrogens is 496 g/mol. The van der Waals surface area contributed by atoms with E-state index in [2.05, 4.69) is 32.3 Å². The fourth-order valence-corrected chi connectivity index (χ4v) is 5.30. The molecule has 10 heteroatoms. The van der Waals surface area contributed by atoms with Crippen LogP contribution in [-0.2, 0) is 15.1 Å². The summed E-state index contributed by atoms with van der Waals surface area (Å²) in [4.78, 5) is 30.5. The van der Waals surface area contributed by atoms with Crippen LogP contribution in [0.2, 0.25) is 0 Å². The predicted octanol–water partition coefficient (Wildman–Crippen LogP) is 4.74. The molecule has 10 nitrogen and oxygen atoms in total. The van der Waals surface area contributed by atoms with Crippen molar-refractivity contribution in [2.45, 2.75) is 44.8 Å². The molecule has 3 aliphatic rings. The zero-order chi connectivity index (χ0) is 27.0. The lowest BCUT2D eigenvalue weighted by atomic mass is 9.84. The quantitative estimate of drug-likeness (QED) is 0.515. The molecule has 1 N–H and O–H groups in total. The maximum atomic E-state index is 12.4. The molecule has 3 aliphatic heterocycles. The third kappa shape index (κ3) is 5.21. The molecule has 1 amide bonds. The fraction of sp³-hybridized carbons (Fsp3) is 0.448. The Morgan fingerprint density at radius 3 is 2.49 bits per heavy atom. The zero-order valence-corrected chi connectivity index (χ0v) is 22.6. The van der Waals surface area contributed by atoms with Crippen LogP contribution in [0.5, 0.6) is 5.75 Å². The lowest BCUT2D eigenvalue weighted by Gasteiger charge is -2.41. The summed E-state index contributed by atoms with van der Waals surface area (Å²) in [7, 11) is 0. The van der Waals surface area contributed by atoms with E-state index in [9.17, 15) is 4.79 Å². The SMILES string of the molecule is CC(C)(C)OC(=O)N1CCN(c2ccc(Nc3ncc4c(n3)C3(CCOCC3)Oc3cccnc3-4)cc2)CC1. The molecule has 0 aliphatic carbocycles. The van der Waals surface area contributed by atoms with Crippen molar-refractivity contribution in [1.82, 2.24) is 19.9 Å². The molecule has 6 rings (SSSR count). The molecule has 3 aromatic rings. The maximum Gasteiger partial charge on any atom is 0.410 e. The van der Waals surface area contributed by atoms with Crippen molar-refractivity contribution in [2.24, 2.45) is 0 Å². The number of carbonyl (C=O) groups is 1. The number of aromatic nitrogens is 3. The molecular formula is C29H34N6O4. The number of amides is 1. The van der Waals surface area contributed by atoms with Gasteiger partial charge < -0.3 is 29.3 Å². The topological polar surface area (TPSA) is 102 Å². The number of rotatable bonds is 3. The first-order valence-corrected chi connectivity index (χ1v) is 13.5. The van der Waals surface area contributed by atoms with Gasteiger partial charge in [0.25, 0.3) is 0 Å². The average Bonchev–Trinajstić information content (AvgIpc) is 2.93. The molecule has 2 saturated heterocycles. The molecule has 1 aromatic carbocycles. The molecule has 1 spiro atoms. The van der Waals surface area contributed by atoms with Crippen molar-refractivity contribution in [3.05, 3.63) is 54.5 Å². The van der Waals surface area contributed by atoms with Gasteiger partial charge in [-0.3, -0.25) is 4.98 Å². The summed E-state index contributed by atoms with van der Waals surface area (Å²) >= 11 is 0. The van der Waals surface area contributed by atoms with E-state index in [0.29, 0.717) is 32.3 Å². The first-order valence-electron chi connectivity index (χ1n) is 13.5. The monoisotopic (exact) mass is 530 g/mol. The van der Waals surface area contributed by atoms with E-state index in [1.54, 1.807) is 11.1 Å². The number of anilines is 3. The van der Waals surface area contributed by atoms with Gasteiger partial charge in [0.15, 0.2) is 5.60 Å². The van der Waals surface area contributed by atoms with E-state index in [4.69, 9.17) is 19.2 Å². The Morgan fingerprint density at radius 2 is 1.77 bits per heavy atom. The van der Waals surface area contributed by atoms with E-state index in [1.165, 1.54) is 0 Å². The fourth-order valence-electron chi connectivity index (χ4n) is 5.30. The number of hydrogen-bond acceptors (Lipinski definition) is 9. The van der Waals surface area contributed by atoms with Crippen molar-refractivity contribution < 1.29 is 19.0 Å². The number of benzene rings is 1. The van der Waals surface area contributed by atoms with Crippen LogP contribution in [0.4, 0.5) is 22.1 Å². The molecule has 0 atom stereocenters. The molecule has 2 fully saturated rings. The molecule has 0 unspecified atom stereocenters. The number of piperazine rings is 1. The van der Waals surface area contributed by atoms with E-state index in [0.717, 1.165) is 60.0 Å². The summed E-state index contributed by atoms with van der Waals surface area (Å²) in [5.74, 6) is 1.28. The Hall–Kier alpha value is -3.92. The molecule has 0 bridgehead atoms. The Kier molecular flexibility index (Phi) is 6.50. The first kappa shape index (κ1) is 25.4. The Morgan fingerprint density at radius 1 is 1.03 bits per heavy atom. The second-order valence-electron chi connectivity index (χ2n) is 11.1. The van der Waals surface area contributed by atoms with Crippen molar-refractivity contribution >= 4 is 23.4 Å². The highest BCUT2D eigenvalue weighted by Crippen LogP contribution is 2.47. The number of ether oxygens (including phenoxy) is 3. The molecule has 0 saturated carbocycles. The number of nitrogens with zero attached hydrogens (tertiary/aromatic N) is 5. The third-order valence-electron chi connectivity index (χ3n) is 7.27. The maximum absolute atomic E-state index is 12.4. The summed E-state index contributed by atoms with van der Waals surface area (Å²) < 4.78 is 17.7. The van der Waals surface area contributed by atoms with Gasteiger partial charge in [0.1, 0.15) is 17.0 Å². The number of fused-ring (bicyclic) bond motifs is 4. The standard InChI is InChI=1S/C29H34N6O4/c1-28(2,3)39-27(36)35-15-13-34(14-16-35)21-8-6-20(7-9-21)32-26-31-19-22-24-23(5-4-12-30-24)38-29(25(22)33-26)10-17-37-18-11-29/h4-9,12,19H,10-11,13-18H2,1-3H3,(H,31,32,33). The first-order chi connectivity index (χ1) is 18.8. The zero-order valence-electron chi connectivity index (χ0n) is 22.6. The van der Waals surface area contributed by atoms with Gasteiger partial charge in [-0.2, -0.15) is 0 Å². The average molecular weight is 531 g/mol. The molecule has 39 heavy (non-hydrogen) atoms. The summed E-state index contributed by atoms with van der Waals surface area (Å²) in [5, 5.41) is 3.36. The van der Waals surface area contributed by atoms with Gasteiger partial charge in [-0.15, -0.1) is 0 Å². The largest absolute Gasteiger partial charge is 0.478 e. The molecule has 5 heterocycles. The summed E-state index contributed by atoms with van der Waals surface area (Å²) in [6, 6.07) is 12.0. The number of carbonyl (C=O) groups excluding carboxylic acids is 1. The minimum atomic E-state index is -0.547. The lowest BCUT2D eigenvalue weighted by molar-refractivity contribution is -0.0542. The van der Waals surface area contributed by atoms with Gasteiger partial charge in [-0.1, -0.05) is 0 Å². The van der Waals surface area contributed by atoms with Crippen LogP contribution in [0.1, 0.15) is 39.3 Å². The van der Waals surface area contributed by atoms with Crippen molar-refractivity contribution in [2.75, 3.05) is 49.6 Å². The van der Waals surface area contributed by atoms with Gasteiger partial charge in [0.05, 0.1) is 18.9 Å². The van der Waals surface area contributed by atoms with Gasteiger partial charge in [0, 0.05) is 68.4 Å². The summed E-state index contributed by atoms with van der Waals surface area (Å²) in [5.41, 5.74) is 3.49. The van der Waals surface area contributed by atoms with Crippen molar-refractivity contribution in [1.29, 1.82) is 0 Å². The second-order valence-corrected chi connectivity index (χ2v) is 11.1. The third-order valence-corrected chi connectivity index (χ3v) is 7.27. The van der Waals surface area contributed by atoms with Gasteiger partial charge in [0.2, 0.25) is 5.95 Å². The molecule has 0 radical (unpaired) electrons. The van der Waals surface area contributed by atoms with Gasteiger partial charge in [-0.05, 0) is 57.2 Å². The number of nitrogens with one attached hydrogen (secondary N) is 1. The highest BCUT2D eigenvalue weighted by Gasteiger charge is 2.44. The van der Waals surface area contributed by atoms with Crippen LogP contribution in [0, 0.1) is 0 Å². The lowest BCUT2D eigenvalue weighted by Crippen LogP contribution is -2.50. The van der Waals surface area contributed by atoms with Crippen LogP contribution in [-0.4, -0.2) is 70.9 Å². The minimum absolute atomic E-state index is 0.251. The van der Waals surface area contributed by atoms with Crippen molar-refractivity contribution in [3.8, 4) is 17.0 Å². The Bertz CT molecular complexity index is 1340. The van der Waals surface area contributed by atoms with Crippen LogP contribution in [0.15, 0.2) is 48.8 Å². The normalized spacial score (nSPS) is 18.1.